The molecule has 2 heterocycles. The summed E-state index contributed by atoms with van der Waals surface area (Å²) in [6.45, 7) is 0. The molecule has 96 valence electrons. The molecule has 2 aromatic heterocycles. The normalized spacial score (nSPS) is 10.4. The predicted molar refractivity (Wildman–Crippen MR) is 72.5 cm³/mol. The molecule has 20 heavy (non-hydrogen) atoms. The van der Waals surface area contributed by atoms with E-state index in [1.807, 2.05) is 24.3 Å². The van der Waals surface area contributed by atoms with Gasteiger partial charge in [-0.25, -0.2) is 19.3 Å². The van der Waals surface area contributed by atoms with Crippen LogP contribution in [0.25, 0.3) is 22.2 Å². The second-order valence-electron chi connectivity index (χ2n) is 4.02. The number of nitrogens with zero attached hydrogens (tertiary/aromatic N) is 4. The average Bonchev–Trinajstić information content (AvgIpc) is 2.48. The Morgan fingerprint density at radius 1 is 1.20 bits per heavy atom. The van der Waals surface area contributed by atoms with Crippen LogP contribution in [0.15, 0.2) is 36.5 Å². The fourth-order valence-electron chi connectivity index (χ4n) is 1.92. The third-order valence-corrected chi connectivity index (χ3v) is 2.98. The third-order valence-electron chi connectivity index (χ3n) is 2.80. The van der Waals surface area contributed by atoms with E-state index in [-0.39, 0.29) is 16.7 Å². The summed E-state index contributed by atoms with van der Waals surface area (Å²) in [5, 5.41) is 9.89. The highest BCUT2D eigenvalue weighted by molar-refractivity contribution is 6.28. The number of para-hydroxylation sites is 1. The Hall–Kier alpha value is -2.58. The van der Waals surface area contributed by atoms with E-state index in [1.165, 1.54) is 0 Å². The molecule has 0 aliphatic rings. The molecule has 0 unspecified atom stereocenters. The van der Waals surface area contributed by atoms with Gasteiger partial charge in [0.1, 0.15) is 11.8 Å². The number of pyridine rings is 1. The minimum atomic E-state index is -0.650. The van der Waals surface area contributed by atoms with E-state index in [1.54, 1.807) is 12.1 Å². The topological polar surface area (TPSA) is 62.5 Å². The molecule has 0 saturated heterocycles. The summed E-state index contributed by atoms with van der Waals surface area (Å²) < 4.78 is 13.9. The van der Waals surface area contributed by atoms with Crippen LogP contribution in [0.3, 0.4) is 0 Å². The number of halogens is 2. The molecule has 0 fully saturated rings. The van der Waals surface area contributed by atoms with Gasteiger partial charge in [0.05, 0.1) is 11.7 Å². The van der Waals surface area contributed by atoms with Crippen molar-refractivity contribution in [1.29, 1.82) is 5.26 Å². The molecule has 1 aromatic carbocycles. The van der Waals surface area contributed by atoms with Gasteiger partial charge in [-0.2, -0.15) is 5.26 Å². The van der Waals surface area contributed by atoms with Crippen molar-refractivity contribution in [3.05, 3.63) is 53.3 Å². The number of benzene rings is 1. The number of aromatic nitrogens is 3. The second-order valence-corrected chi connectivity index (χ2v) is 4.36. The van der Waals surface area contributed by atoms with E-state index in [0.29, 0.717) is 11.1 Å². The van der Waals surface area contributed by atoms with Gasteiger partial charge in [0.15, 0.2) is 11.5 Å². The first-order valence-corrected chi connectivity index (χ1v) is 6.05. The van der Waals surface area contributed by atoms with Crippen molar-refractivity contribution in [1.82, 2.24) is 15.0 Å². The third kappa shape index (κ3) is 2.06. The molecular weight excluding hydrogens is 279 g/mol. The molecule has 0 saturated carbocycles. The number of nitriles is 1. The van der Waals surface area contributed by atoms with E-state index in [9.17, 15) is 9.65 Å². The van der Waals surface area contributed by atoms with Crippen LogP contribution in [0.5, 0.6) is 0 Å². The van der Waals surface area contributed by atoms with Crippen molar-refractivity contribution >= 4 is 22.5 Å². The van der Waals surface area contributed by atoms with Gasteiger partial charge in [0.2, 0.25) is 5.28 Å². The summed E-state index contributed by atoms with van der Waals surface area (Å²) in [7, 11) is 0. The highest BCUT2D eigenvalue weighted by atomic mass is 35.5. The molecule has 6 heteroatoms. The molecule has 0 radical (unpaired) electrons. The summed E-state index contributed by atoms with van der Waals surface area (Å²) in [6, 6.07) is 10.9. The van der Waals surface area contributed by atoms with E-state index < -0.39 is 5.82 Å². The molecule has 0 atom stereocenters. The number of fused-ring (bicyclic) bond motifs is 1. The Morgan fingerprint density at radius 2 is 2.00 bits per heavy atom. The maximum Gasteiger partial charge on any atom is 0.223 e. The lowest BCUT2D eigenvalue weighted by molar-refractivity contribution is 0.618. The molecular formula is C14H6ClFN4. The fourth-order valence-corrected chi connectivity index (χ4v) is 2.05. The molecule has 0 bridgehead atoms. The Balaban J connectivity index is 2.35. The van der Waals surface area contributed by atoms with Crippen molar-refractivity contribution in [3.8, 4) is 17.3 Å². The van der Waals surface area contributed by atoms with Gasteiger partial charge in [-0.1, -0.05) is 18.2 Å². The maximum absolute atomic E-state index is 13.9. The molecule has 0 amide bonds. The predicted octanol–water partition coefficient (Wildman–Crippen LogP) is 3.36. The molecule has 3 rings (SSSR count). The van der Waals surface area contributed by atoms with Crippen LogP contribution in [0.4, 0.5) is 4.39 Å². The van der Waals surface area contributed by atoms with Crippen LogP contribution in [0.1, 0.15) is 5.69 Å². The second kappa shape index (κ2) is 4.83. The number of hydrogen-bond acceptors (Lipinski definition) is 4. The SMILES string of the molecule is N#Cc1nc2ccccc2cc1-c1nc(Cl)ncc1F. The quantitative estimate of drug-likeness (QED) is 0.643. The Bertz CT molecular complexity index is 857. The van der Waals surface area contributed by atoms with E-state index >= 15 is 0 Å². The first-order chi connectivity index (χ1) is 9.69. The van der Waals surface area contributed by atoms with Gasteiger partial charge in [0.25, 0.3) is 0 Å². The van der Waals surface area contributed by atoms with Crippen LogP contribution in [-0.2, 0) is 0 Å². The lowest BCUT2D eigenvalue weighted by atomic mass is 10.1. The monoisotopic (exact) mass is 284 g/mol. The largest absolute Gasteiger partial charge is 0.236 e. The van der Waals surface area contributed by atoms with Gasteiger partial charge < -0.3 is 0 Å². The van der Waals surface area contributed by atoms with E-state index in [0.717, 1.165) is 11.6 Å². The first kappa shape index (κ1) is 12.5. The first-order valence-electron chi connectivity index (χ1n) is 5.67. The Morgan fingerprint density at radius 3 is 2.80 bits per heavy atom. The minimum Gasteiger partial charge on any atom is -0.236 e. The highest BCUT2D eigenvalue weighted by Gasteiger charge is 2.15. The van der Waals surface area contributed by atoms with E-state index in [4.69, 9.17) is 11.6 Å². The van der Waals surface area contributed by atoms with E-state index in [2.05, 4.69) is 15.0 Å². The minimum absolute atomic E-state index is 0.0280. The summed E-state index contributed by atoms with van der Waals surface area (Å²) in [4.78, 5) is 11.6. The standard InChI is InChI=1S/C14H6ClFN4/c15-14-18-7-10(16)13(20-14)9-5-8-3-1-2-4-11(8)19-12(9)6-17/h1-5,7H. The summed E-state index contributed by atoms with van der Waals surface area (Å²) in [5.74, 6) is -0.650. The molecule has 0 aliphatic carbocycles. The zero-order chi connectivity index (χ0) is 14.1. The van der Waals surface area contributed by atoms with Gasteiger partial charge >= 0.3 is 0 Å². The van der Waals surface area contributed by atoms with Crippen molar-refractivity contribution in [2.75, 3.05) is 0 Å². The van der Waals surface area contributed by atoms with Crippen LogP contribution >= 0.6 is 11.6 Å². The van der Waals surface area contributed by atoms with Gasteiger partial charge in [-0.15, -0.1) is 0 Å². The molecule has 0 aliphatic heterocycles. The van der Waals surface area contributed by atoms with Crippen molar-refractivity contribution in [3.63, 3.8) is 0 Å². The van der Waals surface area contributed by atoms with Crippen molar-refractivity contribution in [2.45, 2.75) is 0 Å². The van der Waals surface area contributed by atoms with Gasteiger partial charge in [-0.05, 0) is 23.7 Å². The lowest BCUT2D eigenvalue weighted by Gasteiger charge is -2.06. The van der Waals surface area contributed by atoms with Gasteiger partial charge in [0, 0.05) is 10.9 Å². The van der Waals surface area contributed by atoms with Crippen LogP contribution in [0, 0.1) is 17.1 Å². The van der Waals surface area contributed by atoms with Crippen LogP contribution in [0.2, 0.25) is 5.28 Å². The fraction of sp³-hybridized carbons (Fsp3) is 0. The Labute approximate surface area is 118 Å². The van der Waals surface area contributed by atoms with Crippen molar-refractivity contribution in [2.24, 2.45) is 0 Å². The smallest absolute Gasteiger partial charge is 0.223 e. The zero-order valence-corrected chi connectivity index (χ0v) is 10.8. The summed E-state index contributed by atoms with van der Waals surface area (Å²) >= 11 is 5.69. The van der Waals surface area contributed by atoms with Crippen molar-refractivity contribution < 1.29 is 4.39 Å². The molecule has 4 nitrogen and oxygen atoms in total. The zero-order valence-electron chi connectivity index (χ0n) is 10.0. The lowest BCUT2D eigenvalue weighted by Crippen LogP contribution is -1.97. The molecule has 0 N–H and O–H groups in total. The highest BCUT2D eigenvalue weighted by Crippen LogP contribution is 2.27. The Kier molecular flexibility index (Phi) is 3.01. The number of rotatable bonds is 1. The number of hydrogen-bond donors (Lipinski definition) is 0. The summed E-state index contributed by atoms with van der Waals surface area (Å²) in [5.41, 5.74) is 1.03. The average molecular weight is 285 g/mol. The maximum atomic E-state index is 13.9. The van der Waals surface area contributed by atoms with Crippen LogP contribution in [-0.4, -0.2) is 15.0 Å². The van der Waals surface area contributed by atoms with Gasteiger partial charge in [-0.3, -0.25) is 0 Å². The van der Waals surface area contributed by atoms with Crippen LogP contribution < -0.4 is 0 Å². The summed E-state index contributed by atoms with van der Waals surface area (Å²) in [6.07, 6.45) is 0.973. The molecule has 0 spiro atoms. The molecule has 3 aromatic rings.